The number of nitrogens with one attached hydrogen (secondary N) is 7. The molecule has 4 aliphatic rings. The molecule has 0 spiro atoms. The molecule has 31 nitrogen and oxygen atoms in total. The lowest BCUT2D eigenvalue weighted by Gasteiger charge is -2.43. The molecular formula is C72H90N8O23. The Morgan fingerprint density at radius 2 is 1.32 bits per heavy atom. The number of carboxylic acids is 1. The lowest BCUT2D eigenvalue weighted by atomic mass is 9.72. The number of aliphatic hydroxyl groups excluding tert-OH is 2. The third kappa shape index (κ3) is 19.2. The number of phenolic OH excluding ortho intramolecular Hbond substituents is 4. The van der Waals surface area contributed by atoms with Crippen LogP contribution in [0.4, 0.5) is 0 Å². The minimum atomic E-state index is -2.50. The van der Waals surface area contributed by atoms with Gasteiger partial charge in [-0.25, -0.2) is 0 Å². The average molecular weight is 1440 g/mol. The van der Waals surface area contributed by atoms with Crippen LogP contribution in [-0.4, -0.2) is 210 Å². The Kier molecular flexibility index (Phi) is 26.2. The monoisotopic (exact) mass is 1430 g/mol. The third-order valence-electron chi connectivity index (χ3n) is 18.7. The van der Waals surface area contributed by atoms with Gasteiger partial charge in [-0.1, -0.05) is 64.1 Å². The summed E-state index contributed by atoms with van der Waals surface area (Å²) in [7, 11) is 1.26. The van der Waals surface area contributed by atoms with E-state index >= 15 is 0 Å². The molecule has 556 valence electrons. The van der Waals surface area contributed by atoms with Gasteiger partial charge in [0.15, 0.2) is 17.9 Å². The van der Waals surface area contributed by atoms with Crippen LogP contribution in [0.5, 0.6) is 28.7 Å². The molecule has 0 saturated carbocycles. The number of carbonyl (C=O) groups excluding carboxylic acids is 11. The second-order valence-electron chi connectivity index (χ2n) is 27.3. The highest BCUT2D eigenvalue weighted by Gasteiger charge is 2.51. The number of aliphatic hydroxyl groups is 3. The molecule has 2 heterocycles. The molecule has 103 heavy (non-hydrogen) atoms. The summed E-state index contributed by atoms with van der Waals surface area (Å²) in [6.45, 7) is 7.85. The number of fused-ring (bicyclic) bond motifs is 3. The summed E-state index contributed by atoms with van der Waals surface area (Å²) in [5.41, 5.74) is -3.77. The number of aliphatic carboxylic acids is 1. The van der Waals surface area contributed by atoms with Crippen molar-refractivity contribution in [3.63, 3.8) is 0 Å². The number of carbonyl (C=O) groups is 12. The third-order valence-corrected chi connectivity index (χ3v) is 18.7. The summed E-state index contributed by atoms with van der Waals surface area (Å²) in [6, 6.07) is 6.57. The Bertz CT molecular complexity index is 3880. The van der Waals surface area contributed by atoms with Crippen molar-refractivity contribution in [2.45, 2.75) is 191 Å². The molecule has 4 aromatic carbocycles. The van der Waals surface area contributed by atoms with Crippen LogP contribution in [0.3, 0.4) is 0 Å². The van der Waals surface area contributed by atoms with Crippen molar-refractivity contribution >= 4 is 70.6 Å². The maximum Gasteiger partial charge on any atom is 0.303 e. The number of nitrogens with zero attached hydrogens (tertiary/aromatic N) is 1. The smallest absolute Gasteiger partial charge is 0.303 e. The maximum absolute atomic E-state index is 14.9. The fourth-order valence-electron chi connectivity index (χ4n) is 13.5. The number of aryl methyl sites for hydroxylation is 1. The molecule has 15 N–H and O–H groups in total. The van der Waals surface area contributed by atoms with Crippen LogP contribution < -0.4 is 42.0 Å². The van der Waals surface area contributed by atoms with E-state index in [9.17, 15) is 98.4 Å². The van der Waals surface area contributed by atoms with Crippen molar-refractivity contribution in [1.82, 2.24) is 42.1 Å². The van der Waals surface area contributed by atoms with Crippen molar-refractivity contribution in [3.8, 4) is 28.7 Å². The van der Waals surface area contributed by atoms with E-state index in [1.54, 1.807) is 39.8 Å². The summed E-state index contributed by atoms with van der Waals surface area (Å²) in [4.78, 5) is 166. The van der Waals surface area contributed by atoms with Crippen molar-refractivity contribution < 1.29 is 113 Å². The van der Waals surface area contributed by atoms with E-state index in [1.165, 1.54) is 73.5 Å². The molecule has 0 unspecified atom stereocenters. The fourth-order valence-corrected chi connectivity index (χ4v) is 13.5. The predicted octanol–water partition coefficient (Wildman–Crippen LogP) is 0.954. The van der Waals surface area contributed by atoms with Crippen LogP contribution >= 0.6 is 0 Å². The summed E-state index contributed by atoms with van der Waals surface area (Å²) in [5.74, 6) is -12.9. The summed E-state index contributed by atoms with van der Waals surface area (Å²) < 4.78 is 17.8. The Morgan fingerprint density at radius 1 is 0.709 bits per heavy atom. The Hall–Kier alpha value is -10.1. The van der Waals surface area contributed by atoms with E-state index in [4.69, 9.17) is 14.2 Å². The number of likely N-dealkylation sites (tertiary alicyclic amines) is 1. The van der Waals surface area contributed by atoms with E-state index < -0.39 is 205 Å². The van der Waals surface area contributed by atoms with Crippen molar-refractivity contribution in [1.29, 1.82) is 0 Å². The minimum Gasteiger partial charge on any atom is -0.508 e. The largest absolute Gasteiger partial charge is 0.508 e. The number of ether oxygens (including phenoxy) is 3. The zero-order valence-corrected chi connectivity index (χ0v) is 58.1. The van der Waals surface area contributed by atoms with Gasteiger partial charge in [0, 0.05) is 62.3 Å². The highest BCUT2D eigenvalue weighted by atomic mass is 16.7. The van der Waals surface area contributed by atoms with Gasteiger partial charge in [0.05, 0.1) is 48.6 Å². The van der Waals surface area contributed by atoms with Crippen LogP contribution in [0.1, 0.15) is 160 Å². The van der Waals surface area contributed by atoms with Gasteiger partial charge in [0.2, 0.25) is 53.0 Å². The highest BCUT2D eigenvalue weighted by molar-refractivity contribution is 6.31. The van der Waals surface area contributed by atoms with Crippen molar-refractivity contribution in [2.75, 3.05) is 26.8 Å². The number of methoxy groups -OCH3 is 1. The Labute approximate surface area is 592 Å². The first-order valence-electron chi connectivity index (χ1n) is 34.1. The lowest BCUT2D eigenvalue weighted by molar-refractivity contribution is -0.249. The average Bonchev–Trinajstić information content (AvgIpc) is 0.951. The molecule has 31 heteroatoms. The standard InChI is InChI=1S/C72H90N8O23/c1-34(2)26-47(79-70(98)50-11-9-25-80(50)71(99)45(74-37(6)82)23-24-55(87)88)66(94)73-32-54(86)75-44(22-17-38-13-18-40(83)19-14-38)67(95)78-49(28-39-15-20-41(84)21-16-39)69(97)77-48(27-35(3)4)68(96)76-46-29-56(102-36(5)61(46)89)103-52-31-72(100,53(85)33-81)30-43-58(52)65(93)60-59(63(43)91)62(90)42-10-8-12-51(101-7)57(42)64(60)92/h8,10,12-16,18-21,34-36,44-50,52,56,61,81,83-84,89,91,93,100H,9,11,17,22-33H2,1-7H3,(H,73,94)(H,74,82)(H,75,86)(H,76,96)(H,77,97)(H,78,95)(H,79,98)(H,87,88)/t36-,44-,45-,46-,47-,48-,49-,50-,52-,56-,61+,72-/m0/s1. The summed E-state index contributed by atoms with van der Waals surface area (Å²) >= 11 is 0. The van der Waals surface area contributed by atoms with E-state index in [1.807, 2.05) is 0 Å². The zero-order chi connectivity index (χ0) is 75.5. The van der Waals surface area contributed by atoms with E-state index in [2.05, 4.69) is 37.2 Å². The molecule has 8 rings (SSSR count). The summed E-state index contributed by atoms with van der Waals surface area (Å²) in [6.07, 6.45) is -8.06. The number of rotatable bonds is 31. The molecule has 0 radical (unpaired) electrons. The van der Waals surface area contributed by atoms with Crippen LogP contribution in [0.15, 0.2) is 66.7 Å². The Balaban J connectivity index is 0.996. The van der Waals surface area contributed by atoms with Gasteiger partial charge in [-0.2, -0.15) is 0 Å². The van der Waals surface area contributed by atoms with Crippen LogP contribution in [0, 0.1) is 11.8 Å². The normalized spacial score (nSPS) is 21.3. The predicted molar refractivity (Wildman–Crippen MR) is 363 cm³/mol. The van der Waals surface area contributed by atoms with Crippen LogP contribution in [0.25, 0.3) is 0 Å². The number of phenols is 4. The first-order chi connectivity index (χ1) is 48.7. The number of amides is 8. The van der Waals surface area contributed by atoms with Crippen LogP contribution in [0.2, 0.25) is 0 Å². The number of ketones is 3. The highest BCUT2D eigenvalue weighted by Crippen LogP contribution is 2.53. The van der Waals surface area contributed by atoms with Gasteiger partial charge < -0.3 is 97.2 Å². The number of Topliss-reactive ketones (excluding diaryl/α,β-unsaturated/α-hetero) is 1. The van der Waals surface area contributed by atoms with Crippen molar-refractivity contribution in [2.24, 2.45) is 11.8 Å². The first-order valence-corrected chi connectivity index (χ1v) is 34.1. The van der Waals surface area contributed by atoms with Crippen molar-refractivity contribution in [3.05, 3.63) is 111 Å². The molecule has 2 aliphatic heterocycles. The second kappa shape index (κ2) is 34.3. The minimum absolute atomic E-state index is 0.0166. The number of benzene rings is 4. The molecule has 0 aromatic heterocycles. The van der Waals surface area contributed by atoms with E-state index in [-0.39, 0.29) is 103 Å². The number of aromatic hydroxyl groups is 4. The number of hydrogen-bond donors (Lipinski definition) is 15. The molecule has 4 aromatic rings. The molecule has 2 saturated heterocycles. The maximum atomic E-state index is 14.9. The second-order valence-corrected chi connectivity index (χ2v) is 27.3. The van der Waals surface area contributed by atoms with Gasteiger partial charge in [-0.15, -0.1) is 0 Å². The fraction of sp³-hybridized carbons (Fsp3) is 0.500. The first kappa shape index (κ1) is 78.6. The molecular weight excluding hydrogens is 1340 g/mol. The molecule has 12 atom stereocenters. The van der Waals surface area contributed by atoms with Gasteiger partial charge in [0.25, 0.3) is 0 Å². The molecule has 2 aliphatic carbocycles. The van der Waals surface area contributed by atoms with Gasteiger partial charge >= 0.3 is 5.97 Å². The van der Waals surface area contributed by atoms with E-state index in [0.717, 1.165) is 6.92 Å². The Morgan fingerprint density at radius 3 is 1.93 bits per heavy atom. The van der Waals surface area contributed by atoms with Gasteiger partial charge in [0.1, 0.15) is 83.3 Å². The van der Waals surface area contributed by atoms with Crippen LogP contribution in [-0.2, 0) is 76.7 Å². The SMILES string of the molecule is COc1cccc2c1C(=O)c1c(O)c3c(c(O)c1C2=O)C[C@@](O)(C(=O)CO)C[C@@H]3O[C@H]1C[C@H](NC(=O)[C@H](CC(C)C)NC(=O)[C@H](Cc2ccc(O)cc2)NC(=O)[C@H](CCc2ccc(O)cc2)NC(=O)CNC(=O)[C@H](CC(C)C)NC(=O)[C@@H]2CCCN2C(=O)[C@H](CCC(=O)O)NC(C)=O)[C@H](O)[C@H](C)O1. The van der Waals surface area contributed by atoms with Gasteiger partial charge in [-0.05, 0) is 105 Å². The topological polar surface area (TPSA) is 482 Å². The lowest BCUT2D eigenvalue weighted by Crippen LogP contribution is -2.61. The molecule has 8 amide bonds. The quantitative estimate of drug-likeness (QED) is 0.0275. The zero-order valence-electron chi connectivity index (χ0n) is 58.1. The molecule has 0 bridgehead atoms. The summed E-state index contributed by atoms with van der Waals surface area (Å²) in [5, 5.41) is 106. The molecule has 2 fully saturated rings. The number of carboxylic acid groups (broad SMARTS) is 1. The number of hydrogen-bond acceptors (Lipinski definition) is 22. The van der Waals surface area contributed by atoms with Gasteiger partial charge in [-0.3, -0.25) is 57.5 Å². The van der Waals surface area contributed by atoms with E-state index in [0.29, 0.717) is 17.5 Å².